The number of rotatable bonds is 4. The first-order valence-electron chi connectivity index (χ1n) is 5.16. The molecule has 0 spiro atoms. The summed E-state index contributed by atoms with van der Waals surface area (Å²) < 4.78 is 24.6. The first-order chi connectivity index (χ1) is 7.91. The Morgan fingerprint density at radius 3 is 2.18 bits per heavy atom. The Kier molecular flexibility index (Phi) is 4.31. The van der Waals surface area contributed by atoms with Gasteiger partial charge in [0, 0.05) is 17.6 Å². The lowest BCUT2D eigenvalue weighted by Crippen LogP contribution is -2.05. The summed E-state index contributed by atoms with van der Waals surface area (Å²) in [5.41, 5.74) is 0.527. The Morgan fingerprint density at radius 2 is 1.82 bits per heavy atom. The third-order valence-electron chi connectivity index (χ3n) is 2.31. The molecule has 0 aromatic heterocycles. The van der Waals surface area contributed by atoms with Crippen LogP contribution in [0.2, 0.25) is 0 Å². The van der Waals surface area contributed by atoms with Crippen LogP contribution in [0.3, 0.4) is 0 Å². The van der Waals surface area contributed by atoms with Gasteiger partial charge in [0.2, 0.25) is 5.70 Å². The topological polar surface area (TPSA) is 43.1 Å². The molecule has 1 aromatic rings. The number of alkyl halides is 2. The minimum Gasteiger partial charge on any atom is -0.259 e. The maximum Gasteiger partial charge on any atom is 0.263 e. The zero-order valence-electron chi connectivity index (χ0n) is 9.56. The molecule has 0 fully saturated rings. The maximum atomic E-state index is 12.3. The summed E-state index contributed by atoms with van der Waals surface area (Å²) in [5, 5.41) is 10.7. The zero-order chi connectivity index (χ0) is 13.0. The standard InChI is InChI=1S/C12H13F2NO2/c1-8(2)11(15(16)17)7-9-3-5-10(6-4-9)12(13)14/h3-8,12H,1-2H3/b11-7-. The number of allylic oxidation sites excluding steroid dienone is 1. The van der Waals surface area contributed by atoms with Crippen LogP contribution in [0.5, 0.6) is 0 Å². The minimum absolute atomic E-state index is 0.0646. The second kappa shape index (κ2) is 5.52. The highest BCUT2D eigenvalue weighted by atomic mass is 19.3. The molecule has 0 amide bonds. The third-order valence-corrected chi connectivity index (χ3v) is 2.31. The summed E-state index contributed by atoms with van der Waals surface area (Å²) in [6.45, 7) is 3.42. The molecule has 17 heavy (non-hydrogen) atoms. The van der Waals surface area contributed by atoms with Gasteiger partial charge in [-0.15, -0.1) is 0 Å². The number of hydrogen-bond donors (Lipinski definition) is 0. The van der Waals surface area contributed by atoms with E-state index in [9.17, 15) is 18.9 Å². The van der Waals surface area contributed by atoms with E-state index in [0.29, 0.717) is 5.56 Å². The predicted octanol–water partition coefficient (Wildman–Crippen LogP) is 3.90. The van der Waals surface area contributed by atoms with Crippen molar-refractivity contribution < 1.29 is 13.7 Å². The molecule has 0 heterocycles. The molecule has 0 saturated carbocycles. The minimum atomic E-state index is -2.52. The second-order valence-electron chi connectivity index (χ2n) is 3.95. The highest BCUT2D eigenvalue weighted by Crippen LogP contribution is 2.21. The molecular weight excluding hydrogens is 228 g/mol. The van der Waals surface area contributed by atoms with Crippen LogP contribution in [0.1, 0.15) is 31.4 Å². The normalized spacial score (nSPS) is 12.2. The van der Waals surface area contributed by atoms with Gasteiger partial charge in [0.1, 0.15) is 0 Å². The highest BCUT2D eigenvalue weighted by molar-refractivity contribution is 5.51. The quantitative estimate of drug-likeness (QED) is 0.592. The van der Waals surface area contributed by atoms with Crippen LogP contribution in [-0.4, -0.2) is 4.92 Å². The van der Waals surface area contributed by atoms with Crippen molar-refractivity contribution in [1.29, 1.82) is 0 Å². The molecule has 0 radical (unpaired) electrons. The van der Waals surface area contributed by atoms with E-state index in [1.165, 1.54) is 30.3 Å². The maximum absolute atomic E-state index is 12.3. The van der Waals surface area contributed by atoms with Gasteiger partial charge in [-0.1, -0.05) is 38.1 Å². The van der Waals surface area contributed by atoms with Crippen molar-refractivity contribution >= 4 is 6.08 Å². The van der Waals surface area contributed by atoms with Crippen molar-refractivity contribution in [2.45, 2.75) is 20.3 Å². The SMILES string of the molecule is CC(C)/C(=C/c1ccc(C(F)F)cc1)[N+](=O)[O-]. The van der Waals surface area contributed by atoms with Crippen LogP contribution in [0.25, 0.3) is 6.08 Å². The molecule has 0 N–H and O–H groups in total. The van der Waals surface area contributed by atoms with Crippen LogP contribution in [0.15, 0.2) is 30.0 Å². The van der Waals surface area contributed by atoms with Crippen molar-refractivity contribution in [3.63, 3.8) is 0 Å². The van der Waals surface area contributed by atoms with Gasteiger partial charge < -0.3 is 0 Å². The molecule has 0 bridgehead atoms. The molecule has 0 atom stereocenters. The molecule has 92 valence electrons. The first-order valence-corrected chi connectivity index (χ1v) is 5.16. The molecule has 5 heteroatoms. The Hall–Kier alpha value is -1.78. The molecular formula is C12H13F2NO2. The fourth-order valence-electron chi connectivity index (χ4n) is 1.34. The second-order valence-corrected chi connectivity index (χ2v) is 3.95. The van der Waals surface area contributed by atoms with Gasteiger partial charge in [-0.05, 0) is 5.56 Å². The fraction of sp³-hybridized carbons (Fsp3) is 0.333. The van der Waals surface area contributed by atoms with Crippen LogP contribution in [0, 0.1) is 16.0 Å². The van der Waals surface area contributed by atoms with Gasteiger partial charge in [0.15, 0.2) is 0 Å². The molecule has 0 unspecified atom stereocenters. The van der Waals surface area contributed by atoms with Crippen molar-refractivity contribution in [2.24, 2.45) is 5.92 Å². The Morgan fingerprint density at radius 1 is 1.29 bits per heavy atom. The smallest absolute Gasteiger partial charge is 0.259 e. The van der Waals surface area contributed by atoms with E-state index in [0.717, 1.165) is 0 Å². The lowest BCUT2D eigenvalue weighted by atomic mass is 10.1. The molecule has 3 nitrogen and oxygen atoms in total. The average Bonchev–Trinajstić information content (AvgIpc) is 2.25. The monoisotopic (exact) mass is 241 g/mol. The van der Waals surface area contributed by atoms with Crippen molar-refractivity contribution in [3.05, 3.63) is 51.2 Å². The van der Waals surface area contributed by atoms with Gasteiger partial charge >= 0.3 is 0 Å². The Balaban J connectivity index is 3.01. The highest BCUT2D eigenvalue weighted by Gasteiger charge is 2.15. The number of halogens is 2. The lowest BCUT2D eigenvalue weighted by Gasteiger charge is -2.03. The van der Waals surface area contributed by atoms with Gasteiger partial charge in [-0.2, -0.15) is 0 Å². The Bertz CT molecular complexity index is 425. The number of hydrogen-bond acceptors (Lipinski definition) is 2. The van der Waals surface area contributed by atoms with Gasteiger partial charge in [-0.3, -0.25) is 10.1 Å². The molecule has 1 aromatic carbocycles. The Labute approximate surface area is 97.9 Å². The van der Waals surface area contributed by atoms with E-state index in [4.69, 9.17) is 0 Å². The van der Waals surface area contributed by atoms with E-state index < -0.39 is 11.3 Å². The molecule has 0 aliphatic rings. The van der Waals surface area contributed by atoms with Gasteiger partial charge in [-0.25, -0.2) is 8.78 Å². The van der Waals surface area contributed by atoms with Crippen LogP contribution in [0.4, 0.5) is 8.78 Å². The van der Waals surface area contributed by atoms with E-state index in [1.54, 1.807) is 13.8 Å². The van der Waals surface area contributed by atoms with Crippen LogP contribution in [-0.2, 0) is 0 Å². The number of nitrogens with zero attached hydrogens (tertiary/aromatic N) is 1. The summed E-state index contributed by atoms with van der Waals surface area (Å²) in [4.78, 5) is 10.3. The van der Waals surface area contributed by atoms with Crippen molar-refractivity contribution in [1.82, 2.24) is 0 Å². The predicted molar refractivity (Wildman–Crippen MR) is 61.2 cm³/mol. The zero-order valence-corrected chi connectivity index (χ0v) is 9.56. The summed E-state index contributed by atoms with van der Waals surface area (Å²) >= 11 is 0. The van der Waals surface area contributed by atoms with E-state index >= 15 is 0 Å². The van der Waals surface area contributed by atoms with E-state index in [1.807, 2.05) is 0 Å². The van der Waals surface area contributed by atoms with Gasteiger partial charge in [0.05, 0.1) is 4.92 Å². The average molecular weight is 241 g/mol. The molecule has 1 rings (SSSR count). The van der Waals surface area contributed by atoms with Crippen LogP contribution < -0.4 is 0 Å². The molecule has 0 aliphatic carbocycles. The lowest BCUT2D eigenvalue weighted by molar-refractivity contribution is -0.431. The van der Waals surface area contributed by atoms with Crippen molar-refractivity contribution in [3.8, 4) is 0 Å². The van der Waals surface area contributed by atoms with Crippen LogP contribution >= 0.6 is 0 Å². The number of nitro groups is 1. The fourth-order valence-corrected chi connectivity index (χ4v) is 1.34. The summed E-state index contributed by atoms with van der Waals surface area (Å²) in [5.74, 6) is -0.222. The van der Waals surface area contributed by atoms with E-state index in [-0.39, 0.29) is 17.2 Å². The third kappa shape index (κ3) is 3.62. The van der Waals surface area contributed by atoms with Gasteiger partial charge in [0.25, 0.3) is 6.43 Å². The summed E-state index contributed by atoms with van der Waals surface area (Å²) in [6.07, 6.45) is -1.12. The molecule has 0 saturated heterocycles. The molecule has 0 aliphatic heterocycles. The number of benzene rings is 1. The van der Waals surface area contributed by atoms with E-state index in [2.05, 4.69) is 0 Å². The first kappa shape index (κ1) is 13.3. The summed E-state index contributed by atoms with van der Waals surface area (Å²) in [6, 6.07) is 5.45. The summed E-state index contributed by atoms with van der Waals surface area (Å²) in [7, 11) is 0. The van der Waals surface area contributed by atoms with Crippen molar-refractivity contribution in [2.75, 3.05) is 0 Å². The largest absolute Gasteiger partial charge is 0.263 e.